The van der Waals surface area contributed by atoms with Crippen LogP contribution in [0.25, 0.3) is 17.0 Å². The first kappa shape index (κ1) is 21.2. The van der Waals surface area contributed by atoms with Crippen LogP contribution in [0.5, 0.6) is 11.5 Å². The predicted molar refractivity (Wildman–Crippen MR) is 119 cm³/mol. The lowest BCUT2D eigenvalue weighted by molar-refractivity contribution is 0.122. The normalized spacial score (nSPS) is 14.5. The SMILES string of the molecule is COc1ccc(/C(O)=C(\C#N)c2nnc(N3CCOCC3)n2-c2ccccc2)cc1OC. The van der Waals surface area contributed by atoms with E-state index in [0.29, 0.717) is 49.3 Å². The number of aliphatic hydroxyl groups excluding tert-OH is 1. The van der Waals surface area contributed by atoms with Gasteiger partial charge in [-0.15, -0.1) is 10.2 Å². The maximum atomic E-state index is 11.1. The summed E-state index contributed by atoms with van der Waals surface area (Å²) in [6.07, 6.45) is 0. The Hall–Kier alpha value is -4.03. The Balaban J connectivity index is 1.87. The van der Waals surface area contributed by atoms with Crippen molar-refractivity contribution in [1.82, 2.24) is 14.8 Å². The van der Waals surface area contributed by atoms with Crippen LogP contribution in [0.4, 0.5) is 5.95 Å². The number of morpholine rings is 1. The number of hydrogen-bond donors (Lipinski definition) is 1. The Labute approximate surface area is 185 Å². The molecule has 2 aromatic carbocycles. The molecule has 0 spiro atoms. The Bertz CT molecular complexity index is 1160. The lowest BCUT2D eigenvalue weighted by Crippen LogP contribution is -2.38. The molecule has 1 aromatic heterocycles. The molecule has 0 aliphatic carbocycles. The number of allylic oxidation sites excluding steroid dienone is 1. The zero-order valence-electron chi connectivity index (χ0n) is 17.9. The van der Waals surface area contributed by atoms with E-state index in [2.05, 4.69) is 21.2 Å². The van der Waals surface area contributed by atoms with E-state index in [4.69, 9.17) is 14.2 Å². The molecule has 164 valence electrons. The third-order valence-electron chi connectivity index (χ3n) is 5.18. The number of ether oxygens (including phenoxy) is 3. The number of rotatable bonds is 6. The van der Waals surface area contributed by atoms with Crippen LogP contribution in [0.15, 0.2) is 48.5 Å². The number of benzene rings is 2. The third kappa shape index (κ3) is 3.96. The van der Waals surface area contributed by atoms with Gasteiger partial charge in [-0.3, -0.25) is 4.57 Å². The molecular weight excluding hydrogens is 410 g/mol. The fourth-order valence-electron chi connectivity index (χ4n) is 3.56. The Morgan fingerprint density at radius 3 is 2.41 bits per heavy atom. The molecule has 1 fully saturated rings. The molecule has 32 heavy (non-hydrogen) atoms. The number of aromatic nitrogens is 3. The molecule has 1 aliphatic heterocycles. The standard InChI is InChI=1S/C23H23N5O4/c1-30-19-9-8-16(14-20(19)31-2)21(29)18(15-24)22-25-26-23(27-10-12-32-13-11-27)28(22)17-6-4-3-5-7-17/h3-9,14,29H,10-13H2,1-2H3/b21-18-. The van der Waals surface area contributed by atoms with Crippen molar-refractivity contribution in [2.24, 2.45) is 0 Å². The quantitative estimate of drug-likeness (QED) is 0.467. The van der Waals surface area contributed by atoms with Gasteiger partial charge in [-0.2, -0.15) is 5.26 Å². The number of nitrogens with zero attached hydrogens (tertiary/aromatic N) is 5. The summed E-state index contributed by atoms with van der Waals surface area (Å²) in [5, 5.41) is 29.7. The van der Waals surface area contributed by atoms with Crippen molar-refractivity contribution < 1.29 is 19.3 Å². The largest absolute Gasteiger partial charge is 0.506 e. The molecule has 9 heteroatoms. The molecule has 0 unspecified atom stereocenters. The molecule has 0 saturated carbocycles. The van der Waals surface area contributed by atoms with Crippen molar-refractivity contribution in [3.05, 3.63) is 59.9 Å². The van der Waals surface area contributed by atoms with Crippen molar-refractivity contribution in [1.29, 1.82) is 5.26 Å². The second-order valence-electron chi connectivity index (χ2n) is 7.00. The van der Waals surface area contributed by atoms with Gasteiger partial charge in [-0.1, -0.05) is 18.2 Å². The van der Waals surface area contributed by atoms with E-state index in [0.717, 1.165) is 5.69 Å². The summed E-state index contributed by atoms with van der Waals surface area (Å²) in [7, 11) is 3.04. The minimum atomic E-state index is -0.230. The number of aliphatic hydroxyl groups is 1. The van der Waals surface area contributed by atoms with Crippen LogP contribution in [0, 0.1) is 11.3 Å². The summed E-state index contributed by atoms with van der Waals surface area (Å²) in [6.45, 7) is 2.46. The van der Waals surface area contributed by atoms with Crippen molar-refractivity contribution in [2.75, 3.05) is 45.4 Å². The molecule has 1 saturated heterocycles. The number of hydrogen-bond acceptors (Lipinski definition) is 8. The number of anilines is 1. The van der Waals surface area contributed by atoms with Gasteiger partial charge in [-0.05, 0) is 30.3 Å². The maximum absolute atomic E-state index is 11.1. The third-order valence-corrected chi connectivity index (χ3v) is 5.18. The molecule has 0 bridgehead atoms. The van der Waals surface area contributed by atoms with Crippen molar-refractivity contribution in [3.8, 4) is 23.3 Å². The monoisotopic (exact) mass is 433 g/mol. The first-order chi connectivity index (χ1) is 15.7. The highest BCUT2D eigenvalue weighted by Gasteiger charge is 2.25. The smallest absolute Gasteiger partial charge is 0.232 e. The minimum absolute atomic E-state index is 0.00641. The van der Waals surface area contributed by atoms with E-state index < -0.39 is 0 Å². The van der Waals surface area contributed by atoms with Crippen LogP contribution in [0.3, 0.4) is 0 Å². The number of methoxy groups -OCH3 is 2. The molecule has 3 aromatic rings. The van der Waals surface area contributed by atoms with Gasteiger partial charge >= 0.3 is 0 Å². The van der Waals surface area contributed by atoms with E-state index in [-0.39, 0.29) is 17.2 Å². The fraction of sp³-hybridized carbons (Fsp3) is 0.261. The van der Waals surface area contributed by atoms with E-state index >= 15 is 0 Å². The molecule has 4 rings (SSSR count). The summed E-state index contributed by atoms with van der Waals surface area (Å²) < 4.78 is 17.8. The molecule has 0 radical (unpaired) electrons. The van der Waals surface area contributed by atoms with E-state index in [1.165, 1.54) is 14.2 Å². The van der Waals surface area contributed by atoms with E-state index in [9.17, 15) is 10.4 Å². The number of nitriles is 1. The summed E-state index contributed by atoms with van der Waals surface area (Å²) in [4.78, 5) is 2.05. The minimum Gasteiger partial charge on any atom is -0.506 e. The summed E-state index contributed by atoms with van der Waals surface area (Å²) >= 11 is 0. The molecular formula is C23H23N5O4. The average molecular weight is 433 g/mol. The number of para-hydroxylation sites is 1. The highest BCUT2D eigenvalue weighted by molar-refractivity contribution is 5.93. The molecule has 1 N–H and O–H groups in total. The van der Waals surface area contributed by atoms with Crippen molar-refractivity contribution >= 4 is 17.3 Å². The van der Waals surface area contributed by atoms with Crippen LogP contribution in [0.1, 0.15) is 11.4 Å². The molecule has 0 atom stereocenters. The van der Waals surface area contributed by atoms with Crippen molar-refractivity contribution in [2.45, 2.75) is 0 Å². The van der Waals surface area contributed by atoms with Crippen LogP contribution in [-0.4, -0.2) is 60.4 Å². The Morgan fingerprint density at radius 1 is 1.03 bits per heavy atom. The molecule has 2 heterocycles. The zero-order chi connectivity index (χ0) is 22.5. The zero-order valence-corrected chi connectivity index (χ0v) is 17.9. The van der Waals surface area contributed by atoms with Crippen LogP contribution in [0.2, 0.25) is 0 Å². The Morgan fingerprint density at radius 2 is 1.75 bits per heavy atom. The lowest BCUT2D eigenvalue weighted by atomic mass is 10.1. The predicted octanol–water partition coefficient (Wildman–Crippen LogP) is 3.07. The highest BCUT2D eigenvalue weighted by Crippen LogP contribution is 2.33. The highest BCUT2D eigenvalue weighted by atomic mass is 16.5. The first-order valence-electron chi connectivity index (χ1n) is 10.1. The second-order valence-corrected chi connectivity index (χ2v) is 7.00. The molecule has 9 nitrogen and oxygen atoms in total. The maximum Gasteiger partial charge on any atom is 0.232 e. The van der Waals surface area contributed by atoms with Gasteiger partial charge in [0, 0.05) is 18.7 Å². The van der Waals surface area contributed by atoms with E-state index in [1.54, 1.807) is 22.8 Å². The van der Waals surface area contributed by atoms with Gasteiger partial charge in [0.2, 0.25) is 5.95 Å². The lowest BCUT2D eigenvalue weighted by Gasteiger charge is -2.28. The summed E-state index contributed by atoms with van der Waals surface area (Å²) in [5.41, 5.74) is 1.17. The summed E-state index contributed by atoms with van der Waals surface area (Å²) in [5.74, 6) is 1.55. The molecule has 1 aliphatic rings. The van der Waals surface area contributed by atoms with Gasteiger partial charge < -0.3 is 24.2 Å². The van der Waals surface area contributed by atoms with Gasteiger partial charge in [-0.25, -0.2) is 0 Å². The van der Waals surface area contributed by atoms with Crippen LogP contribution < -0.4 is 14.4 Å². The first-order valence-corrected chi connectivity index (χ1v) is 10.1. The average Bonchev–Trinajstić information content (AvgIpc) is 3.29. The topological polar surface area (TPSA) is 106 Å². The fourth-order valence-corrected chi connectivity index (χ4v) is 3.56. The summed E-state index contributed by atoms with van der Waals surface area (Å²) in [6, 6.07) is 16.5. The van der Waals surface area contributed by atoms with Gasteiger partial charge in [0.1, 0.15) is 17.4 Å². The van der Waals surface area contributed by atoms with Crippen LogP contribution >= 0.6 is 0 Å². The van der Waals surface area contributed by atoms with E-state index in [1.807, 2.05) is 30.3 Å². The van der Waals surface area contributed by atoms with Crippen molar-refractivity contribution in [3.63, 3.8) is 0 Å². The van der Waals surface area contributed by atoms with Crippen LogP contribution in [-0.2, 0) is 4.74 Å². The Kier molecular flexibility index (Phi) is 6.24. The van der Waals surface area contributed by atoms with Gasteiger partial charge in [0.05, 0.1) is 33.1 Å². The molecule has 0 amide bonds. The van der Waals surface area contributed by atoms with Gasteiger partial charge in [0.15, 0.2) is 17.3 Å². The second kappa shape index (κ2) is 9.41. The van der Waals surface area contributed by atoms with Gasteiger partial charge in [0.25, 0.3) is 0 Å².